The van der Waals surface area contributed by atoms with Crippen molar-refractivity contribution in [2.24, 2.45) is 5.92 Å². The molecule has 4 heteroatoms. The molecule has 1 atom stereocenters. The number of esters is 1. The molecule has 0 aliphatic rings. The van der Waals surface area contributed by atoms with Crippen LogP contribution in [0, 0.1) is 5.92 Å². The number of hydrogen-bond acceptors (Lipinski definition) is 3. The van der Waals surface area contributed by atoms with Crippen molar-refractivity contribution in [3.63, 3.8) is 0 Å². The normalized spacial score (nSPS) is 12.1. The quantitative estimate of drug-likeness (QED) is 0.474. The predicted molar refractivity (Wildman–Crippen MR) is 65.8 cm³/mol. The van der Waals surface area contributed by atoms with Crippen molar-refractivity contribution >= 4 is 11.9 Å². The average molecular weight is 244 g/mol. The van der Waals surface area contributed by atoms with E-state index in [2.05, 4.69) is 6.92 Å². The molecule has 4 nitrogen and oxygen atoms in total. The molecule has 0 radical (unpaired) electrons. The van der Waals surface area contributed by atoms with E-state index in [-0.39, 0.29) is 24.7 Å². The molecule has 0 aromatic carbocycles. The van der Waals surface area contributed by atoms with Crippen LogP contribution >= 0.6 is 0 Å². The lowest BCUT2D eigenvalue weighted by Crippen LogP contribution is -2.13. The molecule has 0 bridgehead atoms. The number of carboxylic acid groups (broad SMARTS) is 1. The summed E-state index contributed by atoms with van der Waals surface area (Å²) in [6, 6.07) is 0. The lowest BCUT2D eigenvalue weighted by molar-refractivity contribution is -0.145. The Morgan fingerprint density at radius 2 is 1.76 bits per heavy atom. The number of carboxylic acids is 1. The van der Waals surface area contributed by atoms with E-state index >= 15 is 0 Å². The third kappa shape index (κ3) is 11.2. The molecule has 0 saturated heterocycles. The number of unbranched alkanes of at least 4 members (excludes halogenated alkanes) is 4. The molecule has 0 aromatic heterocycles. The van der Waals surface area contributed by atoms with E-state index in [1.54, 1.807) is 6.92 Å². The van der Waals surface area contributed by atoms with Gasteiger partial charge in [0.1, 0.15) is 0 Å². The molecule has 0 aliphatic heterocycles. The first-order chi connectivity index (χ1) is 8.06. The van der Waals surface area contributed by atoms with Crippen LogP contribution in [0.3, 0.4) is 0 Å². The van der Waals surface area contributed by atoms with Crippen LogP contribution in [0.25, 0.3) is 0 Å². The van der Waals surface area contributed by atoms with Crippen LogP contribution < -0.4 is 0 Å². The number of hydrogen-bond donors (Lipinski definition) is 1. The molecule has 17 heavy (non-hydrogen) atoms. The van der Waals surface area contributed by atoms with Crippen LogP contribution in [0.5, 0.6) is 0 Å². The van der Waals surface area contributed by atoms with E-state index in [4.69, 9.17) is 9.84 Å². The molecule has 1 unspecified atom stereocenters. The van der Waals surface area contributed by atoms with Crippen LogP contribution in [-0.4, -0.2) is 23.7 Å². The number of carbonyl (C=O) groups is 2. The highest BCUT2D eigenvalue weighted by atomic mass is 16.5. The first-order valence-corrected chi connectivity index (χ1v) is 6.43. The number of aliphatic carboxylic acids is 1. The topological polar surface area (TPSA) is 63.6 Å². The summed E-state index contributed by atoms with van der Waals surface area (Å²) >= 11 is 0. The SMILES string of the molecule is CCCCCCCOC(=O)CC(C)CC(=O)O. The van der Waals surface area contributed by atoms with Crippen LogP contribution in [-0.2, 0) is 14.3 Å². The molecular formula is C13H24O4. The molecule has 1 N–H and O–H groups in total. The van der Waals surface area contributed by atoms with Crippen LogP contribution in [0.15, 0.2) is 0 Å². The molecule has 0 rings (SSSR count). The molecule has 0 amide bonds. The van der Waals surface area contributed by atoms with Crippen LogP contribution in [0.2, 0.25) is 0 Å². The molecular weight excluding hydrogens is 220 g/mol. The van der Waals surface area contributed by atoms with Crippen molar-refractivity contribution in [1.29, 1.82) is 0 Å². The maximum Gasteiger partial charge on any atom is 0.306 e. The summed E-state index contributed by atoms with van der Waals surface area (Å²) in [5.74, 6) is -1.31. The Balaban J connectivity index is 3.43. The van der Waals surface area contributed by atoms with Crippen molar-refractivity contribution in [2.75, 3.05) is 6.61 Å². The third-order valence-corrected chi connectivity index (χ3v) is 2.55. The summed E-state index contributed by atoms with van der Waals surface area (Å²) in [5.41, 5.74) is 0. The van der Waals surface area contributed by atoms with E-state index in [9.17, 15) is 9.59 Å². The van der Waals surface area contributed by atoms with Gasteiger partial charge in [0.2, 0.25) is 0 Å². The first kappa shape index (κ1) is 15.9. The van der Waals surface area contributed by atoms with Gasteiger partial charge in [0.05, 0.1) is 6.61 Å². The zero-order chi connectivity index (χ0) is 13.1. The average Bonchev–Trinajstić information content (AvgIpc) is 2.21. The van der Waals surface area contributed by atoms with Gasteiger partial charge in [-0.1, -0.05) is 39.5 Å². The molecule has 0 spiro atoms. The second-order valence-corrected chi connectivity index (χ2v) is 4.54. The second kappa shape index (κ2) is 10.1. The monoisotopic (exact) mass is 244 g/mol. The minimum absolute atomic E-state index is 0.0194. The Bertz CT molecular complexity index is 225. The maximum atomic E-state index is 11.3. The van der Waals surface area contributed by atoms with Gasteiger partial charge in [0.25, 0.3) is 0 Å². The van der Waals surface area contributed by atoms with Gasteiger partial charge < -0.3 is 9.84 Å². The molecule has 0 heterocycles. The first-order valence-electron chi connectivity index (χ1n) is 6.43. The molecule has 0 aliphatic carbocycles. The summed E-state index contributed by atoms with van der Waals surface area (Å²) in [4.78, 5) is 21.7. The summed E-state index contributed by atoms with van der Waals surface area (Å²) in [6.07, 6.45) is 5.82. The summed E-state index contributed by atoms with van der Waals surface area (Å²) < 4.78 is 5.04. The van der Waals surface area contributed by atoms with Crippen molar-refractivity contribution in [3.05, 3.63) is 0 Å². The standard InChI is InChI=1S/C13H24O4/c1-3-4-5-6-7-8-17-13(16)10-11(2)9-12(14)15/h11H,3-10H2,1-2H3,(H,14,15). The van der Waals surface area contributed by atoms with Gasteiger partial charge >= 0.3 is 11.9 Å². The predicted octanol–water partition coefficient (Wildman–Crippen LogP) is 3.00. The van der Waals surface area contributed by atoms with Crippen LogP contribution in [0.4, 0.5) is 0 Å². The number of rotatable bonds is 10. The Morgan fingerprint density at radius 1 is 1.12 bits per heavy atom. The lowest BCUT2D eigenvalue weighted by Gasteiger charge is -2.08. The zero-order valence-electron chi connectivity index (χ0n) is 10.9. The van der Waals surface area contributed by atoms with E-state index in [0.717, 1.165) is 12.8 Å². The highest BCUT2D eigenvalue weighted by Crippen LogP contribution is 2.09. The molecule has 0 aromatic rings. The summed E-state index contributed by atoms with van der Waals surface area (Å²) in [6.45, 7) is 4.36. The van der Waals surface area contributed by atoms with E-state index < -0.39 is 5.97 Å². The van der Waals surface area contributed by atoms with Gasteiger partial charge in [0, 0.05) is 12.8 Å². The fraction of sp³-hybridized carbons (Fsp3) is 0.846. The smallest absolute Gasteiger partial charge is 0.306 e. The fourth-order valence-corrected chi connectivity index (χ4v) is 1.61. The summed E-state index contributed by atoms with van der Waals surface area (Å²) in [5, 5.41) is 8.54. The fourth-order valence-electron chi connectivity index (χ4n) is 1.61. The Labute approximate surface area is 103 Å². The highest BCUT2D eigenvalue weighted by Gasteiger charge is 2.13. The van der Waals surface area contributed by atoms with Gasteiger partial charge in [-0.15, -0.1) is 0 Å². The van der Waals surface area contributed by atoms with Gasteiger partial charge in [-0.25, -0.2) is 0 Å². The van der Waals surface area contributed by atoms with Gasteiger partial charge in [-0.3, -0.25) is 9.59 Å². The van der Waals surface area contributed by atoms with E-state index in [0.29, 0.717) is 6.61 Å². The van der Waals surface area contributed by atoms with Gasteiger partial charge in [-0.05, 0) is 12.3 Å². The highest BCUT2D eigenvalue weighted by molar-refractivity contribution is 5.72. The van der Waals surface area contributed by atoms with Crippen molar-refractivity contribution in [1.82, 2.24) is 0 Å². The Kier molecular flexibility index (Phi) is 9.49. The minimum atomic E-state index is -0.870. The minimum Gasteiger partial charge on any atom is -0.481 e. The molecule has 0 saturated carbocycles. The summed E-state index contributed by atoms with van der Waals surface area (Å²) in [7, 11) is 0. The van der Waals surface area contributed by atoms with Crippen LogP contribution in [0.1, 0.15) is 58.8 Å². The van der Waals surface area contributed by atoms with Crippen molar-refractivity contribution < 1.29 is 19.4 Å². The zero-order valence-corrected chi connectivity index (χ0v) is 10.9. The lowest BCUT2D eigenvalue weighted by atomic mass is 10.0. The Morgan fingerprint density at radius 3 is 2.35 bits per heavy atom. The molecule has 100 valence electrons. The van der Waals surface area contributed by atoms with Crippen molar-refractivity contribution in [3.8, 4) is 0 Å². The third-order valence-electron chi connectivity index (χ3n) is 2.55. The van der Waals surface area contributed by atoms with E-state index in [1.807, 2.05) is 0 Å². The largest absolute Gasteiger partial charge is 0.481 e. The Hall–Kier alpha value is -1.06. The number of carbonyl (C=O) groups excluding carboxylic acids is 1. The number of ether oxygens (including phenoxy) is 1. The van der Waals surface area contributed by atoms with Crippen molar-refractivity contribution in [2.45, 2.75) is 58.8 Å². The molecule has 0 fully saturated rings. The van der Waals surface area contributed by atoms with Gasteiger partial charge in [0.15, 0.2) is 0 Å². The second-order valence-electron chi connectivity index (χ2n) is 4.54. The maximum absolute atomic E-state index is 11.3. The van der Waals surface area contributed by atoms with Gasteiger partial charge in [-0.2, -0.15) is 0 Å². The van der Waals surface area contributed by atoms with E-state index in [1.165, 1.54) is 19.3 Å².